The molecule has 2 aromatic heterocycles. The first kappa shape index (κ1) is 12.6. The maximum absolute atomic E-state index is 5.22. The lowest BCUT2D eigenvalue weighted by atomic mass is 10.1. The van der Waals surface area contributed by atoms with Gasteiger partial charge in [-0.1, -0.05) is 0 Å². The Bertz CT molecular complexity index is 489. The Morgan fingerprint density at radius 1 is 1.59 bits per heavy atom. The van der Waals surface area contributed by atoms with Gasteiger partial charge >= 0.3 is 0 Å². The van der Waals surface area contributed by atoms with Crippen LogP contribution in [0.1, 0.15) is 16.6 Å². The molecule has 4 nitrogen and oxygen atoms in total. The molecule has 0 bridgehead atoms. The number of nitrogens with zero attached hydrogens (tertiary/aromatic N) is 2. The average molecular weight is 316 g/mol. The third-order valence-corrected chi connectivity index (χ3v) is 4.20. The molecule has 0 radical (unpaired) electrons. The van der Waals surface area contributed by atoms with Gasteiger partial charge in [-0.15, -0.1) is 11.3 Å². The van der Waals surface area contributed by atoms with Gasteiger partial charge in [0.05, 0.1) is 29.5 Å². The molecule has 2 rings (SSSR count). The molecule has 92 valence electrons. The topological polar surface area (TPSA) is 39.1 Å². The smallest absolute Gasteiger partial charge is 0.129 e. The Morgan fingerprint density at radius 3 is 2.82 bits per heavy atom. The standard InChI is InChI=1S/C11H14BrN3OS/c1-13-10(9-4-7(16-3)6-17-9)11-8(12)5-14-15(11)2/h4-6,10,13H,1-3H3. The number of ether oxygens (including phenoxy) is 1. The summed E-state index contributed by atoms with van der Waals surface area (Å²) >= 11 is 5.20. The predicted molar refractivity (Wildman–Crippen MR) is 72.7 cm³/mol. The summed E-state index contributed by atoms with van der Waals surface area (Å²) in [6.07, 6.45) is 1.81. The molecule has 1 unspecified atom stereocenters. The Labute approximate surface area is 113 Å². The number of hydrogen-bond donors (Lipinski definition) is 1. The van der Waals surface area contributed by atoms with Crippen molar-refractivity contribution >= 4 is 27.3 Å². The molecule has 0 aliphatic carbocycles. The first-order valence-corrected chi connectivity index (χ1v) is 6.81. The van der Waals surface area contributed by atoms with Crippen LogP contribution < -0.4 is 10.1 Å². The molecule has 0 amide bonds. The van der Waals surface area contributed by atoms with E-state index in [0.717, 1.165) is 15.9 Å². The SMILES string of the molecule is CNC(c1cc(OC)cs1)c1c(Br)cnn1C. The van der Waals surface area contributed by atoms with E-state index in [-0.39, 0.29) is 6.04 Å². The van der Waals surface area contributed by atoms with E-state index >= 15 is 0 Å². The summed E-state index contributed by atoms with van der Waals surface area (Å²) < 4.78 is 8.09. The summed E-state index contributed by atoms with van der Waals surface area (Å²) in [5.74, 6) is 0.892. The van der Waals surface area contributed by atoms with Gasteiger partial charge in [-0.05, 0) is 29.0 Å². The fourth-order valence-electron chi connectivity index (χ4n) is 1.75. The van der Waals surface area contributed by atoms with Crippen molar-refractivity contribution in [2.45, 2.75) is 6.04 Å². The number of hydrogen-bond acceptors (Lipinski definition) is 4. The van der Waals surface area contributed by atoms with Crippen molar-refractivity contribution in [3.63, 3.8) is 0 Å². The van der Waals surface area contributed by atoms with E-state index < -0.39 is 0 Å². The van der Waals surface area contributed by atoms with Crippen molar-refractivity contribution in [3.8, 4) is 5.75 Å². The van der Waals surface area contributed by atoms with Gasteiger partial charge < -0.3 is 10.1 Å². The largest absolute Gasteiger partial charge is 0.496 e. The first-order valence-electron chi connectivity index (χ1n) is 5.14. The Balaban J connectivity index is 2.40. The molecule has 0 saturated carbocycles. The number of nitrogens with one attached hydrogen (secondary N) is 1. The average Bonchev–Trinajstić information content (AvgIpc) is 2.91. The lowest BCUT2D eigenvalue weighted by Gasteiger charge is -2.15. The lowest BCUT2D eigenvalue weighted by molar-refractivity contribution is 0.416. The summed E-state index contributed by atoms with van der Waals surface area (Å²) in [6, 6.07) is 2.16. The molecule has 0 fully saturated rings. The molecule has 1 atom stereocenters. The van der Waals surface area contributed by atoms with Crippen molar-refractivity contribution in [3.05, 3.63) is 32.7 Å². The van der Waals surface area contributed by atoms with E-state index in [1.807, 2.05) is 36.4 Å². The molecule has 0 spiro atoms. The van der Waals surface area contributed by atoms with Gasteiger partial charge in [-0.25, -0.2) is 0 Å². The van der Waals surface area contributed by atoms with Crippen LogP contribution in [0.25, 0.3) is 0 Å². The molecule has 2 aromatic rings. The number of thiophene rings is 1. The van der Waals surface area contributed by atoms with Crippen LogP contribution >= 0.6 is 27.3 Å². The lowest BCUT2D eigenvalue weighted by Crippen LogP contribution is -2.20. The number of methoxy groups -OCH3 is 1. The van der Waals surface area contributed by atoms with Crippen LogP contribution in [0.15, 0.2) is 22.1 Å². The number of halogens is 1. The van der Waals surface area contributed by atoms with Crippen LogP contribution in [0.3, 0.4) is 0 Å². The normalized spacial score (nSPS) is 12.7. The third kappa shape index (κ3) is 2.38. The number of aromatic nitrogens is 2. The fourth-order valence-corrected chi connectivity index (χ4v) is 3.29. The van der Waals surface area contributed by atoms with Crippen molar-refractivity contribution < 1.29 is 4.74 Å². The van der Waals surface area contributed by atoms with Crippen molar-refractivity contribution in [2.24, 2.45) is 7.05 Å². The van der Waals surface area contributed by atoms with Crippen molar-refractivity contribution in [1.29, 1.82) is 0 Å². The molecule has 6 heteroatoms. The van der Waals surface area contributed by atoms with Crippen LogP contribution in [-0.4, -0.2) is 23.9 Å². The molecular weight excluding hydrogens is 302 g/mol. The predicted octanol–water partition coefficient (Wildman–Crippen LogP) is 2.56. The van der Waals surface area contributed by atoms with Gasteiger partial charge in [-0.2, -0.15) is 5.10 Å². The zero-order chi connectivity index (χ0) is 12.4. The van der Waals surface area contributed by atoms with E-state index in [2.05, 4.69) is 26.3 Å². The summed E-state index contributed by atoms with van der Waals surface area (Å²) in [7, 11) is 5.56. The van der Waals surface area contributed by atoms with E-state index in [1.165, 1.54) is 4.88 Å². The molecule has 1 N–H and O–H groups in total. The second kappa shape index (κ2) is 5.20. The molecule has 0 aromatic carbocycles. The van der Waals surface area contributed by atoms with Crippen LogP contribution in [-0.2, 0) is 7.05 Å². The monoisotopic (exact) mass is 315 g/mol. The second-order valence-corrected chi connectivity index (χ2v) is 5.41. The van der Waals surface area contributed by atoms with E-state index in [9.17, 15) is 0 Å². The highest BCUT2D eigenvalue weighted by Crippen LogP contribution is 2.33. The third-order valence-electron chi connectivity index (χ3n) is 2.62. The second-order valence-electron chi connectivity index (χ2n) is 3.61. The summed E-state index contributed by atoms with van der Waals surface area (Å²) in [6.45, 7) is 0. The van der Waals surface area contributed by atoms with Crippen LogP contribution in [0.2, 0.25) is 0 Å². The molecule has 0 saturated heterocycles. The van der Waals surface area contributed by atoms with Crippen LogP contribution in [0.5, 0.6) is 5.75 Å². The van der Waals surface area contributed by atoms with E-state index in [4.69, 9.17) is 4.74 Å². The van der Waals surface area contributed by atoms with Crippen LogP contribution in [0.4, 0.5) is 0 Å². The maximum atomic E-state index is 5.22. The Morgan fingerprint density at radius 2 is 2.35 bits per heavy atom. The maximum Gasteiger partial charge on any atom is 0.129 e. The molecule has 0 aliphatic heterocycles. The molecular formula is C11H14BrN3OS. The molecule has 17 heavy (non-hydrogen) atoms. The van der Waals surface area contributed by atoms with Gasteiger partial charge in [0.15, 0.2) is 0 Å². The Hall–Kier alpha value is -0.850. The summed E-state index contributed by atoms with van der Waals surface area (Å²) in [5.41, 5.74) is 1.11. The van der Waals surface area contributed by atoms with Gasteiger partial charge in [0.2, 0.25) is 0 Å². The quantitative estimate of drug-likeness (QED) is 0.942. The van der Waals surface area contributed by atoms with E-state index in [1.54, 1.807) is 18.4 Å². The van der Waals surface area contributed by atoms with Crippen molar-refractivity contribution in [2.75, 3.05) is 14.2 Å². The molecule has 0 aliphatic rings. The first-order chi connectivity index (χ1) is 8.17. The Kier molecular flexibility index (Phi) is 3.86. The molecule has 2 heterocycles. The van der Waals surface area contributed by atoms with Gasteiger partial charge in [-0.3, -0.25) is 4.68 Å². The zero-order valence-corrected chi connectivity index (χ0v) is 12.3. The van der Waals surface area contributed by atoms with Crippen molar-refractivity contribution in [1.82, 2.24) is 15.1 Å². The zero-order valence-electron chi connectivity index (χ0n) is 9.90. The minimum atomic E-state index is 0.116. The van der Waals surface area contributed by atoms with Crippen LogP contribution in [0, 0.1) is 0 Å². The van der Waals surface area contributed by atoms with Gasteiger partial charge in [0.25, 0.3) is 0 Å². The highest BCUT2D eigenvalue weighted by molar-refractivity contribution is 9.10. The highest BCUT2D eigenvalue weighted by atomic mass is 79.9. The number of rotatable bonds is 4. The summed E-state index contributed by atoms with van der Waals surface area (Å²) in [5, 5.41) is 9.55. The summed E-state index contributed by atoms with van der Waals surface area (Å²) in [4.78, 5) is 1.20. The van der Waals surface area contributed by atoms with Gasteiger partial charge in [0.1, 0.15) is 5.75 Å². The van der Waals surface area contributed by atoms with Gasteiger partial charge in [0, 0.05) is 17.3 Å². The minimum Gasteiger partial charge on any atom is -0.496 e. The van der Waals surface area contributed by atoms with E-state index in [0.29, 0.717) is 0 Å². The fraction of sp³-hybridized carbons (Fsp3) is 0.364. The minimum absolute atomic E-state index is 0.116. The highest BCUT2D eigenvalue weighted by Gasteiger charge is 2.20. The number of aryl methyl sites for hydroxylation is 1.